The molecule has 0 aromatic carbocycles. The van der Waals surface area contributed by atoms with Gasteiger partial charge < -0.3 is 16.2 Å². The molecule has 1 saturated heterocycles. The second-order valence-corrected chi connectivity index (χ2v) is 5.83. The third-order valence-corrected chi connectivity index (χ3v) is 4.27. The van der Waals surface area contributed by atoms with Crippen molar-refractivity contribution in [3.05, 3.63) is 30.1 Å². The number of aliphatic imine (C=N–C) groups is 1. The zero-order valence-corrected chi connectivity index (χ0v) is 14.4. The highest BCUT2D eigenvalue weighted by Crippen LogP contribution is 2.27. The summed E-state index contributed by atoms with van der Waals surface area (Å²) in [7, 11) is 0. The smallest absolute Gasteiger partial charge is 0.188 e. The average molecular weight is 408 g/mol. The molecule has 20 heavy (non-hydrogen) atoms. The number of nitrogens with two attached hydrogens (primary N) is 1. The average Bonchev–Trinajstić information content (AvgIpc) is 2.85. The van der Waals surface area contributed by atoms with E-state index < -0.39 is 5.60 Å². The molecule has 1 atom stereocenters. The van der Waals surface area contributed by atoms with Gasteiger partial charge in [0.2, 0.25) is 0 Å². The summed E-state index contributed by atoms with van der Waals surface area (Å²) in [6.07, 6.45) is 3.37. The van der Waals surface area contributed by atoms with Gasteiger partial charge in [-0.25, -0.2) is 0 Å². The first-order chi connectivity index (χ1) is 9.18. The number of hydrogen-bond donors (Lipinski definition) is 3. The number of guanidine groups is 1. The number of nitrogens with zero attached hydrogens (tertiary/aromatic N) is 2. The molecule has 7 heteroatoms. The van der Waals surface area contributed by atoms with Crippen LogP contribution in [0.15, 0.2) is 29.4 Å². The van der Waals surface area contributed by atoms with Crippen molar-refractivity contribution in [2.75, 3.05) is 24.6 Å². The van der Waals surface area contributed by atoms with Gasteiger partial charge in [-0.05, 0) is 24.3 Å². The molecule has 1 aromatic heterocycles. The Morgan fingerprint density at radius 1 is 1.55 bits per heavy atom. The van der Waals surface area contributed by atoms with Crippen molar-refractivity contribution >= 4 is 41.7 Å². The van der Waals surface area contributed by atoms with Crippen LogP contribution >= 0.6 is 35.7 Å². The second-order valence-electron chi connectivity index (χ2n) is 4.73. The molecule has 4 N–H and O–H groups in total. The van der Waals surface area contributed by atoms with Gasteiger partial charge in [0.1, 0.15) is 0 Å². The molecule has 2 heterocycles. The molecule has 1 aliphatic heterocycles. The van der Waals surface area contributed by atoms with E-state index in [-0.39, 0.29) is 24.0 Å². The van der Waals surface area contributed by atoms with Gasteiger partial charge in [-0.1, -0.05) is 6.07 Å². The molecule has 0 saturated carbocycles. The Labute approximate surface area is 140 Å². The van der Waals surface area contributed by atoms with E-state index in [1.165, 1.54) is 0 Å². The monoisotopic (exact) mass is 408 g/mol. The zero-order chi connectivity index (χ0) is 13.6. The molecule has 1 fully saturated rings. The van der Waals surface area contributed by atoms with Gasteiger partial charge in [0, 0.05) is 30.6 Å². The summed E-state index contributed by atoms with van der Waals surface area (Å²) in [6, 6.07) is 5.84. The van der Waals surface area contributed by atoms with Crippen LogP contribution in [0.4, 0.5) is 0 Å². The molecular weight excluding hydrogens is 387 g/mol. The van der Waals surface area contributed by atoms with Crippen molar-refractivity contribution < 1.29 is 5.11 Å². The lowest BCUT2D eigenvalue weighted by Gasteiger charge is -2.18. The minimum Gasteiger partial charge on any atom is -0.387 e. The van der Waals surface area contributed by atoms with Crippen LogP contribution in [0.25, 0.3) is 0 Å². The Balaban J connectivity index is 0.00000200. The molecule has 5 nitrogen and oxygen atoms in total. The molecule has 0 spiro atoms. The maximum atomic E-state index is 10.1. The minimum atomic E-state index is -0.669. The predicted molar refractivity (Wildman–Crippen MR) is 94.7 cm³/mol. The molecule has 1 aromatic rings. The molecule has 112 valence electrons. The fraction of sp³-hybridized carbons (Fsp3) is 0.538. The highest BCUT2D eigenvalue weighted by atomic mass is 127. The van der Waals surface area contributed by atoms with Crippen molar-refractivity contribution in [1.82, 2.24) is 10.3 Å². The summed E-state index contributed by atoms with van der Waals surface area (Å²) >= 11 is 1.76. The third kappa shape index (κ3) is 5.84. The quantitative estimate of drug-likeness (QED) is 0.385. The van der Waals surface area contributed by atoms with Crippen LogP contribution in [0.5, 0.6) is 0 Å². The van der Waals surface area contributed by atoms with Crippen LogP contribution in [0.2, 0.25) is 0 Å². The number of thioether (sulfide) groups is 1. The molecule has 2 rings (SSSR count). The Kier molecular flexibility index (Phi) is 7.60. The first kappa shape index (κ1) is 17.5. The lowest BCUT2D eigenvalue weighted by atomic mass is 10.1. The lowest BCUT2D eigenvalue weighted by molar-refractivity contribution is 0.0779. The van der Waals surface area contributed by atoms with Crippen LogP contribution < -0.4 is 11.1 Å². The molecule has 0 bridgehead atoms. The topological polar surface area (TPSA) is 83.5 Å². The molecule has 1 aliphatic rings. The summed E-state index contributed by atoms with van der Waals surface area (Å²) in [5.41, 5.74) is 6.13. The predicted octanol–water partition coefficient (Wildman–Crippen LogP) is 1.01. The van der Waals surface area contributed by atoms with E-state index in [4.69, 9.17) is 5.73 Å². The number of aliphatic hydroxyl groups is 1. The van der Waals surface area contributed by atoms with Gasteiger partial charge in [-0.2, -0.15) is 11.8 Å². The van der Waals surface area contributed by atoms with Gasteiger partial charge in [-0.15, -0.1) is 24.0 Å². The molecule has 0 radical (unpaired) electrons. The molecule has 0 aliphatic carbocycles. The van der Waals surface area contributed by atoms with Gasteiger partial charge in [0.25, 0.3) is 0 Å². The minimum absolute atomic E-state index is 0. The maximum Gasteiger partial charge on any atom is 0.188 e. The molecular formula is C13H21IN4OS. The Morgan fingerprint density at radius 3 is 3.05 bits per heavy atom. The van der Waals surface area contributed by atoms with Crippen LogP contribution in [0, 0.1) is 0 Å². The third-order valence-electron chi connectivity index (χ3n) is 3.04. The molecule has 0 amide bonds. The fourth-order valence-corrected chi connectivity index (χ4v) is 3.16. The highest BCUT2D eigenvalue weighted by Gasteiger charge is 2.31. The summed E-state index contributed by atoms with van der Waals surface area (Å²) in [6.45, 7) is 1.07. The van der Waals surface area contributed by atoms with Crippen LogP contribution in [0.3, 0.4) is 0 Å². The summed E-state index contributed by atoms with van der Waals surface area (Å²) in [4.78, 5) is 8.44. The number of pyridine rings is 1. The van der Waals surface area contributed by atoms with Gasteiger partial charge >= 0.3 is 0 Å². The lowest BCUT2D eigenvalue weighted by Crippen LogP contribution is -2.37. The first-order valence-corrected chi connectivity index (χ1v) is 7.57. The summed E-state index contributed by atoms with van der Waals surface area (Å²) in [5.74, 6) is 2.14. The van der Waals surface area contributed by atoms with E-state index in [1.54, 1.807) is 18.0 Å². The number of nitrogens with one attached hydrogen (secondary N) is 1. The van der Waals surface area contributed by atoms with Crippen molar-refractivity contribution in [1.29, 1.82) is 0 Å². The van der Waals surface area contributed by atoms with Gasteiger partial charge in [0.15, 0.2) is 5.96 Å². The SMILES string of the molecule is I.NC(=NCC1(O)CCSC1)NCCc1ccccn1. The number of halogens is 1. The first-order valence-electron chi connectivity index (χ1n) is 6.42. The van der Waals surface area contributed by atoms with Gasteiger partial charge in [0.05, 0.1) is 12.1 Å². The Bertz CT molecular complexity index is 424. The molecule has 1 unspecified atom stereocenters. The standard InChI is InChI=1S/C13H20N4OS.HI/c14-12(17-9-13(18)5-8-19-10-13)16-7-4-11-3-1-2-6-15-11;/h1-3,6,18H,4-5,7-10H2,(H3,14,16,17);1H. The largest absolute Gasteiger partial charge is 0.387 e. The number of hydrogen-bond acceptors (Lipinski definition) is 4. The van der Waals surface area contributed by atoms with Crippen LogP contribution in [-0.2, 0) is 6.42 Å². The second kappa shape index (κ2) is 8.68. The van der Waals surface area contributed by atoms with E-state index >= 15 is 0 Å². The maximum absolute atomic E-state index is 10.1. The van der Waals surface area contributed by atoms with E-state index in [9.17, 15) is 5.11 Å². The summed E-state index contributed by atoms with van der Waals surface area (Å²) in [5, 5.41) is 13.2. The van der Waals surface area contributed by atoms with Crippen LogP contribution in [-0.4, -0.2) is 46.2 Å². The van der Waals surface area contributed by atoms with Crippen molar-refractivity contribution in [3.63, 3.8) is 0 Å². The number of rotatable bonds is 5. The van der Waals surface area contributed by atoms with Crippen molar-refractivity contribution in [2.24, 2.45) is 10.7 Å². The van der Waals surface area contributed by atoms with E-state index in [2.05, 4.69) is 15.3 Å². The Morgan fingerprint density at radius 2 is 2.40 bits per heavy atom. The normalized spacial score (nSPS) is 22.4. The summed E-state index contributed by atoms with van der Waals surface area (Å²) < 4.78 is 0. The van der Waals surface area contributed by atoms with E-state index in [0.717, 1.165) is 30.0 Å². The van der Waals surface area contributed by atoms with Crippen LogP contribution in [0.1, 0.15) is 12.1 Å². The Hall–Kier alpha value is -0.540. The zero-order valence-electron chi connectivity index (χ0n) is 11.3. The highest BCUT2D eigenvalue weighted by molar-refractivity contribution is 14.0. The van der Waals surface area contributed by atoms with E-state index in [0.29, 0.717) is 19.0 Å². The fourth-order valence-electron chi connectivity index (χ4n) is 1.87. The van der Waals surface area contributed by atoms with Gasteiger partial charge in [-0.3, -0.25) is 9.98 Å². The van der Waals surface area contributed by atoms with Crippen molar-refractivity contribution in [3.8, 4) is 0 Å². The van der Waals surface area contributed by atoms with Crippen molar-refractivity contribution in [2.45, 2.75) is 18.4 Å². The number of aromatic nitrogens is 1. The van der Waals surface area contributed by atoms with E-state index in [1.807, 2.05) is 18.2 Å².